The molecule has 1 amide bonds. The first-order valence-corrected chi connectivity index (χ1v) is 7.68. The first-order chi connectivity index (χ1) is 10.9. The Hall–Kier alpha value is -1.98. The van der Waals surface area contributed by atoms with Gasteiger partial charge >= 0.3 is 0 Å². The van der Waals surface area contributed by atoms with Gasteiger partial charge in [0.25, 0.3) is 5.91 Å². The molecule has 0 saturated carbocycles. The van der Waals surface area contributed by atoms with Crippen LogP contribution in [0.25, 0.3) is 0 Å². The minimum absolute atomic E-state index is 0. The number of carbonyl (C=O) groups excluding carboxylic acids is 1. The zero-order chi connectivity index (χ0) is 16.7. The van der Waals surface area contributed by atoms with Crippen molar-refractivity contribution in [2.45, 2.75) is 39.4 Å². The predicted octanol–water partition coefficient (Wildman–Crippen LogP) is 3.28. The van der Waals surface area contributed by atoms with Crippen molar-refractivity contribution in [3.8, 4) is 5.75 Å². The summed E-state index contributed by atoms with van der Waals surface area (Å²) in [5, 5.41) is 6.16. The molecule has 2 N–H and O–H groups in total. The third-order valence-electron chi connectivity index (χ3n) is 3.02. The summed E-state index contributed by atoms with van der Waals surface area (Å²) in [6.07, 6.45) is 1.67. The number of hydrogen-bond acceptors (Lipinski definition) is 4. The molecule has 0 aliphatic heterocycles. The van der Waals surface area contributed by atoms with Crippen LogP contribution in [0.2, 0.25) is 0 Å². The van der Waals surface area contributed by atoms with E-state index in [1.54, 1.807) is 6.26 Å². The smallest absolute Gasteiger partial charge is 0.258 e. The van der Waals surface area contributed by atoms with E-state index < -0.39 is 0 Å². The van der Waals surface area contributed by atoms with Crippen LogP contribution in [0, 0.1) is 0 Å². The van der Waals surface area contributed by atoms with E-state index in [9.17, 15) is 4.79 Å². The van der Waals surface area contributed by atoms with Gasteiger partial charge in [-0.05, 0) is 50.6 Å². The second kappa shape index (κ2) is 9.35. The molecule has 0 fully saturated rings. The minimum atomic E-state index is -0.246. The van der Waals surface area contributed by atoms with Crippen molar-refractivity contribution < 1.29 is 13.9 Å². The molecule has 5 nitrogen and oxygen atoms in total. The monoisotopic (exact) mass is 352 g/mol. The molecule has 0 saturated heterocycles. The highest BCUT2D eigenvalue weighted by atomic mass is 35.5. The number of nitrogens with one attached hydrogen (secondary N) is 2. The Morgan fingerprint density at radius 2 is 1.83 bits per heavy atom. The maximum Gasteiger partial charge on any atom is 0.258 e. The van der Waals surface area contributed by atoms with Crippen molar-refractivity contribution in [1.82, 2.24) is 10.6 Å². The molecule has 0 atom stereocenters. The van der Waals surface area contributed by atoms with Gasteiger partial charge in [0.2, 0.25) is 0 Å². The summed E-state index contributed by atoms with van der Waals surface area (Å²) in [6, 6.07) is 11.5. The molecule has 1 aromatic carbocycles. The summed E-state index contributed by atoms with van der Waals surface area (Å²) in [6.45, 7) is 7.28. The van der Waals surface area contributed by atoms with E-state index >= 15 is 0 Å². The molecule has 1 aromatic heterocycles. The Labute approximate surface area is 149 Å². The van der Waals surface area contributed by atoms with Gasteiger partial charge in [-0.2, -0.15) is 0 Å². The topological polar surface area (TPSA) is 63.5 Å². The molecule has 0 aliphatic rings. The second-order valence-corrected chi connectivity index (χ2v) is 6.41. The zero-order valence-electron chi connectivity index (χ0n) is 14.3. The molecule has 1 heterocycles. The summed E-state index contributed by atoms with van der Waals surface area (Å²) < 4.78 is 10.7. The molecule has 0 aliphatic carbocycles. The van der Waals surface area contributed by atoms with Crippen LogP contribution < -0.4 is 15.4 Å². The van der Waals surface area contributed by atoms with Crippen LogP contribution >= 0.6 is 12.4 Å². The van der Waals surface area contributed by atoms with Crippen molar-refractivity contribution in [2.75, 3.05) is 6.61 Å². The first-order valence-electron chi connectivity index (χ1n) is 7.68. The number of rotatable bonds is 7. The quantitative estimate of drug-likeness (QED) is 0.802. The van der Waals surface area contributed by atoms with Gasteiger partial charge in [-0.1, -0.05) is 12.1 Å². The molecule has 0 radical (unpaired) electrons. The van der Waals surface area contributed by atoms with Crippen LogP contribution in [-0.4, -0.2) is 18.1 Å². The Bertz CT molecular complexity index is 604. The van der Waals surface area contributed by atoms with Gasteiger partial charge in [0.1, 0.15) is 11.5 Å². The average molecular weight is 353 g/mol. The number of furan rings is 1. The van der Waals surface area contributed by atoms with Gasteiger partial charge in [-0.15, -0.1) is 12.4 Å². The van der Waals surface area contributed by atoms with Crippen molar-refractivity contribution in [1.29, 1.82) is 0 Å². The number of ether oxygens (including phenoxy) is 1. The highest BCUT2D eigenvalue weighted by molar-refractivity contribution is 5.85. The van der Waals surface area contributed by atoms with Gasteiger partial charge in [0, 0.05) is 12.1 Å². The van der Waals surface area contributed by atoms with E-state index in [0.29, 0.717) is 12.3 Å². The van der Waals surface area contributed by atoms with Crippen molar-refractivity contribution >= 4 is 18.3 Å². The lowest BCUT2D eigenvalue weighted by molar-refractivity contribution is -0.124. The third kappa shape index (κ3) is 7.53. The van der Waals surface area contributed by atoms with Gasteiger partial charge in [-0.25, -0.2) is 0 Å². The Kier molecular flexibility index (Phi) is 7.82. The molecule has 0 spiro atoms. The lowest BCUT2D eigenvalue weighted by atomic mass is 10.1. The number of carbonyl (C=O) groups is 1. The molecular weight excluding hydrogens is 328 g/mol. The summed E-state index contributed by atoms with van der Waals surface area (Å²) >= 11 is 0. The van der Waals surface area contributed by atoms with Gasteiger partial charge in [0.05, 0.1) is 12.8 Å². The van der Waals surface area contributed by atoms with E-state index in [4.69, 9.17) is 9.15 Å². The highest BCUT2D eigenvalue weighted by Gasteiger charge is 2.13. The average Bonchev–Trinajstić information content (AvgIpc) is 2.98. The SMILES string of the molecule is CC(C)(C)NC(=O)COc1ccc(CNCc2ccco2)cc1.Cl. The number of amides is 1. The van der Waals surface area contributed by atoms with Crippen LogP contribution in [0.15, 0.2) is 47.1 Å². The van der Waals surface area contributed by atoms with Crippen LogP contribution in [0.5, 0.6) is 5.75 Å². The van der Waals surface area contributed by atoms with Crippen LogP contribution in [-0.2, 0) is 17.9 Å². The third-order valence-corrected chi connectivity index (χ3v) is 3.02. The van der Waals surface area contributed by atoms with E-state index in [-0.39, 0.29) is 30.5 Å². The molecule has 0 bridgehead atoms. The van der Waals surface area contributed by atoms with Crippen LogP contribution in [0.4, 0.5) is 0 Å². The Balaban J connectivity index is 0.00000288. The van der Waals surface area contributed by atoms with Gasteiger partial charge in [-0.3, -0.25) is 4.79 Å². The maximum absolute atomic E-state index is 11.7. The molecule has 0 unspecified atom stereocenters. The van der Waals surface area contributed by atoms with Crippen LogP contribution in [0.1, 0.15) is 32.1 Å². The standard InChI is InChI=1S/C18H24N2O3.ClH/c1-18(2,3)20-17(21)13-23-15-8-6-14(7-9-15)11-19-12-16-5-4-10-22-16;/h4-10,19H,11-13H2,1-3H3,(H,20,21);1H. The summed E-state index contributed by atoms with van der Waals surface area (Å²) in [7, 11) is 0. The highest BCUT2D eigenvalue weighted by Crippen LogP contribution is 2.12. The molecular formula is C18H25ClN2O3. The fourth-order valence-electron chi connectivity index (χ4n) is 2.05. The predicted molar refractivity (Wildman–Crippen MR) is 96.3 cm³/mol. The number of halogens is 1. The van der Waals surface area contributed by atoms with E-state index in [1.807, 2.05) is 57.2 Å². The van der Waals surface area contributed by atoms with E-state index in [1.165, 1.54) is 0 Å². The van der Waals surface area contributed by atoms with Crippen molar-refractivity contribution in [3.63, 3.8) is 0 Å². The lowest BCUT2D eigenvalue weighted by Crippen LogP contribution is -2.43. The summed E-state index contributed by atoms with van der Waals surface area (Å²) in [5.74, 6) is 1.47. The molecule has 2 rings (SSSR count). The number of benzene rings is 1. The minimum Gasteiger partial charge on any atom is -0.484 e. The largest absolute Gasteiger partial charge is 0.484 e. The van der Waals surface area contributed by atoms with E-state index in [2.05, 4.69) is 10.6 Å². The Morgan fingerprint density at radius 1 is 1.12 bits per heavy atom. The lowest BCUT2D eigenvalue weighted by Gasteiger charge is -2.20. The second-order valence-electron chi connectivity index (χ2n) is 6.41. The molecule has 24 heavy (non-hydrogen) atoms. The zero-order valence-corrected chi connectivity index (χ0v) is 15.1. The fourth-order valence-corrected chi connectivity index (χ4v) is 2.05. The maximum atomic E-state index is 11.7. The van der Waals surface area contributed by atoms with Gasteiger partial charge < -0.3 is 19.8 Å². The Morgan fingerprint density at radius 3 is 2.42 bits per heavy atom. The van der Waals surface area contributed by atoms with Crippen LogP contribution in [0.3, 0.4) is 0 Å². The molecule has 132 valence electrons. The number of hydrogen-bond donors (Lipinski definition) is 2. The van der Waals surface area contributed by atoms with E-state index in [0.717, 1.165) is 17.9 Å². The fraction of sp³-hybridized carbons (Fsp3) is 0.389. The molecule has 2 aromatic rings. The summed E-state index contributed by atoms with van der Waals surface area (Å²) in [4.78, 5) is 11.7. The normalized spacial score (nSPS) is 10.8. The first kappa shape index (κ1) is 20.1. The molecule has 6 heteroatoms. The van der Waals surface area contributed by atoms with Crippen molar-refractivity contribution in [2.24, 2.45) is 0 Å². The van der Waals surface area contributed by atoms with Crippen molar-refractivity contribution in [3.05, 3.63) is 54.0 Å². The summed E-state index contributed by atoms with van der Waals surface area (Å²) in [5.41, 5.74) is 0.896. The van der Waals surface area contributed by atoms with Gasteiger partial charge in [0.15, 0.2) is 6.61 Å².